The molecular formula is C2H2N4O4Rf2S2-2. The minimum atomic E-state index is -2.71. The molecule has 0 fully saturated rings. The number of nitrogens with one attached hydrogen (secondary N) is 2. The van der Waals surface area contributed by atoms with Gasteiger partial charge in [-0.05, 0) is 21.8 Å². The van der Waals surface area contributed by atoms with E-state index >= 15 is 0 Å². The molecule has 0 aromatic heterocycles. The smallest absolute Gasteiger partial charge is 0.190 e. The number of hydrogen-bond acceptors (Lipinski definition) is 9. The van der Waals surface area contributed by atoms with Gasteiger partial charge in [0.15, 0.2) is 12.4 Å². The summed E-state index contributed by atoms with van der Waals surface area (Å²) in [6, 6.07) is 0. The van der Waals surface area contributed by atoms with Gasteiger partial charge in [-0.3, -0.25) is 0 Å². The molecule has 2 N–H and O–H groups in total. The normalized spacial score (nSPS) is 6.57. The van der Waals surface area contributed by atoms with Gasteiger partial charge in [0.25, 0.3) is 0 Å². The third kappa shape index (κ3) is 72.4. The number of rotatable bonds is 2. The summed E-state index contributed by atoms with van der Waals surface area (Å²) in [6.07, 6.45) is 2.81. The van der Waals surface area contributed by atoms with Gasteiger partial charge in [-0.1, -0.05) is 0 Å². The van der Waals surface area contributed by atoms with Crippen LogP contribution in [0.15, 0.2) is 0 Å². The summed E-state index contributed by atoms with van der Waals surface area (Å²) >= 11 is 0. The van der Waals surface area contributed by atoms with Gasteiger partial charge >= 0.3 is 0 Å². The summed E-state index contributed by atoms with van der Waals surface area (Å²) in [5.74, 6) is 0. The fraction of sp³-hybridized carbons (Fsp3) is 0. The van der Waals surface area contributed by atoms with Gasteiger partial charge < -0.3 is 21.0 Å². The van der Waals surface area contributed by atoms with Crippen molar-refractivity contribution in [2.24, 2.45) is 0 Å². The van der Waals surface area contributed by atoms with Crippen molar-refractivity contribution in [3.63, 3.8) is 0 Å². The van der Waals surface area contributed by atoms with Gasteiger partial charge in [-0.25, -0.2) is 5.32 Å². The Morgan fingerprint density at radius 1 is 0.857 bits per heavy atom. The van der Waals surface area contributed by atoms with Gasteiger partial charge in [0.1, 0.15) is 0 Å². The molecule has 0 saturated heterocycles. The van der Waals surface area contributed by atoms with Crippen LogP contribution in [0, 0.1) is 22.9 Å². The standard InChI is InChI=1S/C2HN3.HNO4S2.2Rf/c3-1-5-2-4;2-6(3)1-7(4)5;;/h5H;(H,1,2,3,4,5);;/q;-2;;. The van der Waals surface area contributed by atoms with Gasteiger partial charge in [-0.15, -0.1) is 0 Å². The Balaban J connectivity index is -0.0000000651. The second-order valence-corrected chi connectivity index (χ2v) is 2.51. The SMILES string of the molecule is N#CNC#N.O=[S-](=O)N[S-](=O)=O.[Rf].[Rf]. The molecule has 0 radical (unpaired) electrons. The van der Waals surface area contributed by atoms with Crippen molar-refractivity contribution in [3.05, 3.63) is 0 Å². The quantitative estimate of drug-likeness (QED) is 0.201. The third-order valence-corrected chi connectivity index (χ3v) is 1.34. The minimum Gasteiger partial charge on any atom is -0.411 e. The topological polar surface area (TPSA) is 140 Å². The van der Waals surface area contributed by atoms with E-state index in [1.165, 1.54) is 12.4 Å². The van der Waals surface area contributed by atoms with Crippen LogP contribution in [0.4, 0.5) is 0 Å². The Morgan fingerprint density at radius 2 is 1.14 bits per heavy atom. The molecule has 0 bridgehead atoms. The van der Waals surface area contributed by atoms with E-state index in [-0.39, 0.29) is 0 Å². The molecule has 0 unspecified atom stereocenters. The monoisotopic (exact) mass is 744 g/mol. The van der Waals surface area contributed by atoms with Gasteiger partial charge in [-0.2, -0.15) is 10.5 Å². The molecule has 14 heavy (non-hydrogen) atoms. The van der Waals surface area contributed by atoms with Crippen LogP contribution in [0.1, 0.15) is 0 Å². The van der Waals surface area contributed by atoms with Crippen LogP contribution in [-0.2, 0) is 38.6 Å². The molecular weight excluding hydrogens is 742 g/mol. The fourth-order valence-electron chi connectivity index (χ4n) is 0.0806. The first-order valence-corrected chi connectivity index (χ1v) is 4.17. The van der Waals surface area contributed by atoms with E-state index in [2.05, 4.69) is 0 Å². The van der Waals surface area contributed by atoms with E-state index in [4.69, 9.17) is 10.5 Å². The van der Waals surface area contributed by atoms with Crippen molar-refractivity contribution >= 4 is 21.8 Å². The summed E-state index contributed by atoms with van der Waals surface area (Å²) in [4.78, 5) is 0. The Labute approximate surface area is 71.6 Å². The van der Waals surface area contributed by atoms with Crippen LogP contribution < -0.4 is 9.44 Å². The number of hydrogen-bond donors (Lipinski definition) is 2. The van der Waals surface area contributed by atoms with E-state index < -0.39 is 21.8 Å². The van der Waals surface area contributed by atoms with Crippen LogP contribution in [-0.4, -0.2) is 0 Å². The second kappa shape index (κ2) is 16.3. The van der Waals surface area contributed by atoms with Crippen LogP contribution >= 0.6 is 0 Å². The Hall–Kier alpha value is -3.36. The van der Waals surface area contributed by atoms with E-state index in [0.717, 1.165) is 4.13 Å². The second-order valence-electron chi connectivity index (χ2n) is 0.901. The first-order valence-electron chi connectivity index (χ1n) is 2.02. The molecule has 0 saturated carbocycles. The summed E-state index contributed by atoms with van der Waals surface area (Å²) in [5.41, 5.74) is 0. The summed E-state index contributed by atoms with van der Waals surface area (Å²) in [6.45, 7) is 0. The van der Waals surface area contributed by atoms with E-state index in [1.807, 2.05) is 0 Å². The van der Waals surface area contributed by atoms with Crippen LogP contribution in [0.2, 0.25) is 0 Å². The molecule has 0 aliphatic rings. The Bertz CT molecular complexity index is 290. The summed E-state index contributed by atoms with van der Waals surface area (Å²) in [5, 5.41) is 16.7. The van der Waals surface area contributed by atoms with Gasteiger partial charge in [0.05, 0.1) is 0 Å². The molecule has 0 aromatic rings. The maximum absolute atomic E-state index is 9.31. The molecule has 0 amide bonds. The first kappa shape index (κ1) is 22.4. The molecule has 0 rings (SSSR count). The molecule has 0 heterocycles. The maximum atomic E-state index is 9.31. The van der Waals surface area contributed by atoms with Crippen molar-refractivity contribution in [1.82, 2.24) is 9.44 Å². The van der Waals surface area contributed by atoms with Crippen molar-refractivity contribution in [2.75, 3.05) is 0 Å². The van der Waals surface area contributed by atoms with Crippen molar-refractivity contribution < 1.29 is 16.8 Å². The summed E-state index contributed by atoms with van der Waals surface area (Å²) in [7, 11) is -5.42. The van der Waals surface area contributed by atoms with Crippen LogP contribution in [0.3, 0.4) is 0 Å². The zero-order valence-electron chi connectivity index (χ0n) is 6.76. The molecule has 0 aliphatic carbocycles. The van der Waals surface area contributed by atoms with Gasteiger partial charge in [0, 0.05) is 0 Å². The summed E-state index contributed by atoms with van der Waals surface area (Å²) < 4.78 is 38.4. The molecule has 0 aliphatic heterocycles. The molecule has 8 nitrogen and oxygen atoms in total. The molecule has 12 heteroatoms. The molecule has 0 spiro atoms. The molecule has 0 atom stereocenters. The number of nitriles is 2. The minimum absolute atomic E-state index is 0. The Morgan fingerprint density at radius 3 is 1.14 bits per heavy atom. The molecule has 0 aromatic carbocycles. The first-order chi connectivity index (χ1) is 5.54. The Kier molecular flexibility index (Phi) is 26.1. The van der Waals surface area contributed by atoms with Crippen molar-refractivity contribution in [3.8, 4) is 12.4 Å². The third-order valence-electron chi connectivity index (χ3n) is 0.248. The van der Waals surface area contributed by atoms with Crippen LogP contribution in [0.25, 0.3) is 0 Å². The van der Waals surface area contributed by atoms with E-state index in [1.54, 1.807) is 5.32 Å². The van der Waals surface area contributed by atoms with E-state index in [0.29, 0.717) is 0 Å². The van der Waals surface area contributed by atoms with Gasteiger partial charge in [0.2, 0.25) is 0 Å². The number of nitrogens with zero attached hydrogens (tertiary/aromatic N) is 2. The van der Waals surface area contributed by atoms with E-state index in [9.17, 15) is 16.8 Å². The predicted octanol–water partition coefficient (Wildman–Crippen LogP) is -1.44. The zero-order chi connectivity index (χ0) is 9.98. The predicted molar refractivity (Wildman–Crippen MR) is 35.0 cm³/mol. The largest absolute Gasteiger partial charge is 0.411 e. The fourth-order valence-corrected chi connectivity index (χ4v) is 0.525. The van der Waals surface area contributed by atoms with Crippen molar-refractivity contribution in [2.45, 2.75) is 0 Å². The van der Waals surface area contributed by atoms with Crippen LogP contribution in [0.5, 0.6) is 0 Å². The van der Waals surface area contributed by atoms with Crippen molar-refractivity contribution in [1.29, 1.82) is 10.5 Å². The average Bonchev–Trinajstić information content (AvgIpc) is 1.87. The average molecular weight is 744 g/mol. The molecule has 72 valence electrons. The maximum Gasteiger partial charge on any atom is 0.190 e. The zero-order valence-corrected chi connectivity index (χ0v) is 21.2.